The van der Waals surface area contributed by atoms with E-state index in [2.05, 4.69) is 10.4 Å². The summed E-state index contributed by atoms with van der Waals surface area (Å²) in [4.78, 5) is 25.7. The van der Waals surface area contributed by atoms with Crippen molar-refractivity contribution in [1.29, 1.82) is 0 Å². The van der Waals surface area contributed by atoms with Crippen LogP contribution in [0.1, 0.15) is 42.6 Å². The normalized spacial score (nSPS) is 11.6. The lowest BCUT2D eigenvalue weighted by molar-refractivity contribution is -0.125. The van der Waals surface area contributed by atoms with Crippen LogP contribution in [0.3, 0.4) is 0 Å². The highest BCUT2D eigenvalue weighted by molar-refractivity contribution is 7.20. The van der Waals surface area contributed by atoms with Crippen LogP contribution in [0, 0.1) is 6.92 Å². The zero-order valence-corrected chi connectivity index (χ0v) is 16.7. The van der Waals surface area contributed by atoms with Crippen LogP contribution in [0.25, 0.3) is 15.9 Å². The highest BCUT2D eigenvalue weighted by Crippen LogP contribution is 2.30. The molecule has 0 bridgehead atoms. The van der Waals surface area contributed by atoms with Crippen molar-refractivity contribution in [2.24, 2.45) is 0 Å². The Morgan fingerprint density at radius 3 is 2.63 bits per heavy atom. The van der Waals surface area contributed by atoms with Gasteiger partial charge in [-0.2, -0.15) is 5.10 Å². The molecule has 27 heavy (non-hydrogen) atoms. The summed E-state index contributed by atoms with van der Waals surface area (Å²) in [6.45, 7) is 7.46. The van der Waals surface area contributed by atoms with Crippen LogP contribution in [0.4, 0.5) is 0 Å². The molecule has 0 radical (unpaired) electrons. The van der Waals surface area contributed by atoms with Gasteiger partial charge < -0.3 is 10.1 Å². The van der Waals surface area contributed by atoms with Gasteiger partial charge in [0, 0.05) is 10.9 Å². The Hall–Kier alpha value is -2.67. The first kappa shape index (κ1) is 19.1. The first-order chi connectivity index (χ1) is 12.8. The zero-order chi connectivity index (χ0) is 19.6. The number of para-hydroxylation sites is 1. The maximum absolute atomic E-state index is 12.4. The van der Waals surface area contributed by atoms with Gasteiger partial charge in [0.1, 0.15) is 9.71 Å². The summed E-state index contributed by atoms with van der Waals surface area (Å²) in [6, 6.07) is 11.5. The summed E-state index contributed by atoms with van der Waals surface area (Å²) < 4.78 is 7.02. The average Bonchev–Trinajstić information content (AvgIpc) is 3.21. The zero-order valence-electron chi connectivity index (χ0n) is 15.9. The lowest BCUT2D eigenvalue weighted by Gasteiger charge is -2.24. The predicted octanol–water partition coefficient (Wildman–Crippen LogP) is 3.86. The van der Waals surface area contributed by atoms with Crippen LogP contribution in [-0.4, -0.2) is 33.8 Å². The molecule has 3 rings (SSSR count). The number of ether oxygens (including phenoxy) is 1. The number of hydrogen-bond acceptors (Lipinski definition) is 5. The molecule has 1 N–H and O–H groups in total. The van der Waals surface area contributed by atoms with Crippen molar-refractivity contribution in [2.75, 3.05) is 6.61 Å². The number of fused-ring (bicyclic) bond motifs is 1. The Balaban J connectivity index is 1.76. The Morgan fingerprint density at radius 1 is 1.26 bits per heavy atom. The predicted molar refractivity (Wildman–Crippen MR) is 106 cm³/mol. The number of benzene rings is 1. The lowest BCUT2D eigenvalue weighted by atomic mass is 10.0. The van der Waals surface area contributed by atoms with Crippen molar-refractivity contribution < 1.29 is 14.3 Å². The fraction of sp³-hybridized carbons (Fsp3) is 0.350. The quantitative estimate of drug-likeness (QED) is 0.654. The molecule has 0 aliphatic rings. The molecule has 0 aliphatic carbocycles. The number of thiophene rings is 1. The number of esters is 1. The monoisotopic (exact) mass is 385 g/mol. The Kier molecular flexibility index (Phi) is 5.32. The van der Waals surface area contributed by atoms with Crippen molar-refractivity contribution in [3.63, 3.8) is 0 Å². The van der Waals surface area contributed by atoms with Crippen molar-refractivity contribution in [3.05, 3.63) is 47.0 Å². The fourth-order valence-corrected chi connectivity index (χ4v) is 3.67. The van der Waals surface area contributed by atoms with Crippen molar-refractivity contribution in [3.8, 4) is 5.69 Å². The highest BCUT2D eigenvalue weighted by atomic mass is 32.1. The number of nitrogens with zero attached hydrogens (tertiary/aromatic N) is 2. The van der Waals surface area contributed by atoms with Gasteiger partial charge in [-0.15, -0.1) is 11.3 Å². The molecule has 2 aromatic heterocycles. The van der Waals surface area contributed by atoms with Gasteiger partial charge in [-0.3, -0.25) is 4.79 Å². The average molecular weight is 385 g/mol. The van der Waals surface area contributed by atoms with E-state index >= 15 is 0 Å². The number of carbonyl (C=O) groups excluding carboxylic acids is 2. The van der Waals surface area contributed by atoms with Gasteiger partial charge in [-0.25, -0.2) is 9.48 Å². The van der Waals surface area contributed by atoms with E-state index < -0.39 is 5.97 Å². The first-order valence-corrected chi connectivity index (χ1v) is 9.65. The molecule has 0 fully saturated rings. The number of carbonyl (C=O) groups is 2. The van der Waals surface area contributed by atoms with Crippen LogP contribution < -0.4 is 5.32 Å². The van der Waals surface area contributed by atoms with Gasteiger partial charge in [-0.1, -0.05) is 25.1 Å². The first-order valence-electron chi connectivity index (χ1n) is 8.83. The SMILES string of the molecule is CCC(C)(C)NC(=O)COC(=O)c1cc2c(C)nn(-c3ccccc3)c2s1. The minimum Gasteiger partial charge on any atom is -0.451 e. The summed E-state index contributed by atoms with van der Waals surface area (Å²) in [5, 5.41) is 8.31. The molecule has 2 heterocycles. The highest BCUT2D eigenvalue weighted by Gasteiger charge is 2.21. The molecule has 7 heteroatoms. The summed E-state index contributed by atoms with van der Waals surface area (Å²) in [5.41, 5.74) is 1.45. The number of rotatable bonds is 6. The molecular weight excluding hydrogens is 362 g/mol. The van der Waals surface area contributed by atoms with E-state index in [-0.39, 0.29) is 18.1 Å². The van der Waals surface area contributed by atoms with Crippen LogP contribution in [0.5, 0.6) is 0 Å². The summed E-state index contributed by atoms with van der Waals surface area (Å²) in [6.07, 6.45) is 0.790. The molecule has 6 nitrogen and oxygen atoms in total. The summed E-state index contributed by atoms with van der Waals surface area (Å²) >= 11 is 1.31. The van der Waals surface area contributed by atoms with Crippen LogP contribution in [0.2, 0.25) is 0 Å². The van der Waals surface area contributed by atoms with Crippen LogP contribution in [-0.2, 0) is 9.53 Å². The molecule has 3 aromatic rings. The van der Waals surface area contributed by atoms with Crippen molar-refractivity contribution in [1.82, 2.24) is 15.1 Å². The minimum atomic E-state index is -0.500. The van der Waals surface area contributed by atoms with Gasteiger partial charge in [0.15, 0.2) is 6.61 Å². The molecule has 0 saturated heterocycles. The summed E-state index contributed by atoms with van der Waals surface area (Å²) in [5.74, 6) is -0.803. The number of nitrogens with one attached hydrogen (secondary N) is 1. The molecule has 1 amide bonds. The number of aromatic nitrogens is 2. The molecule has 1 aromatic carbocycles. The van der Waals surface area contributed by atoms with Gasteiger partial charge >= 0.3 is 5.97 Å². The van der Waals surface area contributed by atoms with Gasteiger partial charge in [0.2, 0.25) is 0 Å². The van der Waals surface area contributed by atoms with E-state index in [1.165, 1.54) is 11.3 Å². The third-order valence-corrected chi connectivity index (χ3v) is 5.53. The second kappa shape index (κ2) is 7.52. The van der Waals surface area contributed by atoms with Crippen LogP contribution in [0.15, 0.2) is 36.4 Å². The fourth-order valence-electron chi connectivity index (χ4n) is 2.60. The summed E-state index contributed by atoms with van der Waals surface area (Å²) in [7, 11) is 0. The third kappa shape index (κ3) is 4.19. The molecule has 0 unspecified atom stereocenters. The second-order valence-electron chi connectivity index (χ2n) is 7.02. The van der Waals surface area contributed by atoms with E-state index in [0.29, 0.717) is 4.88 Å². The molecule has 0 spiro atoms. The van der Waals surface area contributed by atoms with E-state index in [9.17, 15) is 9.59 Å². The van der Waals surface area contributed by atoms with Gasteiger partial charge in [-0.05, 0) is 45.4 Å². The van der Waals surface area contributed by atoms with E-state index in [1.807, 2.05) is 62.7 Å². The largest absolute Gasteiger partial charge is 0.451 e. The molecular formula is C20H23N3O3S. The smallest absolute Gasteiger partial charge is 0.348 e. The topological polar surface area (TPSA) is 73.2 Å². The van der Waals surface area contributed by atoms with Crippen LogP contribution >= 0.6 is 11.3 Å². The molecule has 0 saturated carbocycles. The maximum atomic E-state index is 12.4. The Bertz CT molecular complexity index is 973. The molecule has 0 aliphatic heterocycles. The van der Waals surface area contributed by atoms with E-state index in [0.717, 1.165) is 28.0 Å². The van der Waals surface area contributed by atoms with Crippen molar-refractivity contribution in [2.45, 2.75) is 39.7 Å². The van der Waals surface area contributed by atoms with Gasteiger partial charge in [0.05, 0.1) is 11.4 Å². The third-order valence-electron chi connectivity index (χ3n) is 4.44. The Morgan fingerprint density at radius 2 is 1.96 bits per heavy atom. The van der Waals surface area contributed by atoms with Crippen molar-refractivity contribution >= 4 is 33.4 Å². The van der Waals surface area contributed by atoms with E-state index in [1.54, 1.807) is 6.07 Å². The maximum Gasteiger partial charge on any atom is 0.348 e. The second-order valence-corrected chi connectivity index (χ2v) is 8.05. The Labute approximate surface area is 162 Å². The van der Waals surface area contributed by atoms with E-state index in [4.69, 9.17) is 4.74 Å². The molecule has 0 atom stereocenters. The van der Waals surface area contributed by atoms with Gasteiger partial charge in [0.25, 0.3) is 5.91 Å². The minimum absolute atomic E-state index is 0.291. The number of hydrogen-bond donors (Lipinski definition) is 1. The number of amides is 1. The molecule has 142 valence electrons. The number of aryl methyl sites for hydroxylation is 1. The standard InChI is InChI=1S/C20H23N3O3S/c1-5-20(3,4)21-17(24)12-26-19(25)16-11-15-13(2)22-23(18(15)27-16)14-9-7-6-8-10-14/h6-11H,5,12H2,1-4H3,(H,21,24). The lowest BCUT2D eigenvalue weighted by Crippen LogP contribution is -2.44.